The molecule has 1 fully saturated rings. The van der Waals surface area contributed by atoms with Crippen LogP contribution in [0, 0.1) is 0 Å². The Morgan fingerprint density at radius 1 is 1.00 bits per heavy atom. The molecule has 0 spiro atoms. The Kier molecular flexibility index (Phi) is 9.48. The summed E-state index contributed by atoms with van der Waals surface area (Å²) in [6, 6.07) is 21.3. The molecule has 4 aliphatic rings. The number of aromatic nitrogens is 2. The van der Waals surface area contributed by atoms with Crippen LogP contribution in [0.15, 0.2) is 79.0 Å². The summed E-state index contributed by atoms with van der Waals surface area (Å²) in [6.07, 6.45) is 1.57. The van der Waals surface area contributed by atoms with Crippen molar-refractivity contribution in [3.63, 3.8) is 0 Å². The molecule has 1 saturated heterocycles. The minimum absolute atomic E-state index is 0.0413. The van der Waals surface area contributed by atoms with Gasteiger partial charge in [0.15, 0.2) is 5.82 Å². The second-order valence-corrected chi connectivity index (χ2v) is 12.9. The lowest BCUT2D eigenvalue weighted by Crippen LogP contribution is -2.54. The van der Waals surface area contributed by atoms with Crippen LogP contribution >= 0.6 is 0 Å². The van der Waals surface area contributed by atoms with E-state index in [0.29, 0.717) is 42.5 Å². The number of carbonyl (C=O) groups is 4. The smallest absolute Gasteiger partial charge is 0.264 e. The number of benzene rings is 3. The average Bonchev–Trinajstić information content (AvgIpc) is 3.36. The standard InChI is InChI=1S/C38H38N6O7/c1-22-24-7-11-27(12-8-24)50-20-4-19-43(34(22)25-9-13-28(14-10-25)51-21-26-17-18-39-35(40-26)23(2)45)42-30-6-3-5-29-33(30)38(49)44(37(29)48)31-15-16-32(46)41-36(31)47/h3,5-14,17-18,22-23,31,34,42,45H,4,15-16,19-21H2,1-2H3,(H,41,46,47). The van der Waals surface area contributed by atoms with E-state index in [2.05, 4.69) is 44.8 Å². The number of fused-ring (bicyclic) bond motifs is 9. The van der Waals surface area contributed by atoms with Crippen molar-refractivity contribution >= 4 is 29.3 Å². The quantitative estimate of drug-likeness (QED) is 0.224. The number of piperidine rings is 1. The summed E-state index contributed by atoms with van der Waals surface area (Å²) >= 11 is 0. The summed E-state index contributed by atoms with van der Waals surface area (Å²) in [4.78, 5) is 61.5. The van der Waals surface area contributed by atoms with E-state index in [1.54, 1.807) is 37.4 Å². The Hall–Kier alpha value is -5.66. The topological polar surface area (TPSA) is 163 Å². The molecule has 0 saturated carbocycles. The number of hydrogen-bond acceptors (Lipinski definition) is 11. The SMILES string of the molecule is CC(O)c1nccc(COc2ccc(C3C(C)c4ccc(cc4)OCCCN3Nc3cccc4c3C(=O)N(C3CCC(=O)NC3=O)C4=O)cc2)n1. The van der Waals surface area contributed by atoms with Gasteiger partial charge in [-0.25, -0.2) is 15.0 Å². The van der Waals surface area contributed by atoms with Crippen molar-refractivity contribution in [1.82, 2.24) is 25.2 Å². The molecule has 262 valence electrons. The molecule has 2 bridgehead atoms. The molecule has 4 atom stereocenters. The molecule has 0 radical (unpaired) electrons. The summed E-state index contributed by atoms with van der Waals surface area (Å²) in [5.74, 6) is -0.532. The molecule has 5 heterocycles. The summed E-state index contributed by atoms with van der Waals surface area (Å²) in [6.45, 7) is 4.93. The molecule has 8 rings (SSSR count). The first kappa shape index (κ1) is 33.8. The van der Waals surface area contributed by atoms with Crippen LogP contribution in [0.4, 0.5) is 5.69 Å². The maximum atomic E-state index is 13.9. The molecular formula is C38H38N6O7. The molecule has 0 aliphatic carbocycles. The number of aliphatic hydroxyl groups excluding tert-OH is 1. The van der Waals surface area contributed by atoms with Gasteiger partial charge < -0.3 is 20.0 Å². The van der Waals surface area contributed by atoms with Crippen molar-refractivity contribution in [3.8, 4) is 11.5 Å². The molecule has 3 aromatic carbocycles. The highest BCUT2D eigenvalue weighted by atomic mass is 16.5. The zero-order valence-corrected chi connectivity index (χ0v) is 28.2. The van der Waals surface area contributed by atoms with Gasteiger partial charge in [0.1, 0.15) is 30.3 Å². The Balaban J connectivity index is 1.19. The third-order valence-corrected chi connectivity index (χ3v) is 9.47. The highest BCUT2D eigenvalue weighted by molar-refractivity contribution is 6.25. The minimum atomic E-state index is -1.07. The molecule has 51 heavy (non-hydrogen) atoms. The molecule has 4 aromatic rings. The molecule has 4 amide bonds. The van der Waals surface area contributed by atoms with E-state index in [-0.39, 0.29) is 42.5 Å². The number of carbonyl (C=O) groups excluding carboxylic acids is 4. The van der Waals surface area contributed by atoms with Gasteiger partial charge in [-0.1, -0.05) is 37.3 Å². The van der Waals surface area contributed by atoms with Crippen LogP contribution in [0.5, 0.6) is 11.5 Å². The van der Waals surface area contributed by atoms with E-state index < -0.39 is 35.8 Å². The Morgan fingerprint density at radius 2 is 1.76 bits per heavy atom. The number of amides is 4. The number of hydrogen-bond donors (Lipinski definition) is 3. The maximum absolute atomic E-state index is 13.9. The van der Waals surface area contributed by atoms with Crippen molar-refractivity contribution in [1.29, 1.82) is 0 Å². The van der Waals surface area contributed by atoms with E-state index in [0.717, 1.165) is 21.8 Å². The molecule has 1 aromatic heterocycles. The second kappa shape index (κ2) is 14.3. The highest BCUT2D eigenvalue weighted by Gasteiger charge is 2.46. The molecule has 4 unspecified atom stereocenters. The first-order valence-electron chi connectivity index (χ1n) is 17.0. The van der Waals surface area contributed by atoms with E-state index in [9.17, 15) is 24.3 Å². The number of imide groups is 2. The number of nitrogens with zero attached hydrogens (tertiary/aromatic N) is 4. The summed E-state index contributed by atoms with van der Waals surface area (Å²) in [7, 11) is 0. The second-order valence-electron chi connectivity index (χ2n) is 12.9. The Bertz CT molecular complexity index is 1970. The Labute approximate surface area is 294 Å². The van der Waals surface area contributed by atoms with Crippen molar-refractivity contribution < 1.29 is 33.8 Å². The number of nitrogens with one attached hydrogen (secondary N) is 2. The lowest BCUT2D eigenvalue weighted by molar-refractivity contribution is -0.136. The van der Waals surface area contributed by atoms with Gasteiger partial charge in [0.25, 0.3) is 11.8 Å². The molecule has 3 N–H and O–H groups in total. The number of rotatable bonds is 8. The fourth-order valence-corrected chi connectivity index (χ4v) is 6.85. The molecule has 13 nitrogen and oxygen atoms in total. The van der Waals surface area contributed by atoms with Crippen molar-refractivity contribution in [3.05, 3.63) is 113 Å². The molecule has 4 aliphatic heterocycles. The monoisotopic (exact) mass is 690 g/mol. The lowest BCUT2D eigenvalue weighted by Gasteiger charge is -2.37. The van der Waals surface area contributed by atoms with Crippen LogP contribution in [0.25, 0.3) is 0 Å². The van der Waals surface area contributed by atoms with Crippen LogP contribution in [0.2, 0.25) is 0 Å². The predicted octanol–water partition coefficient (Wildman–Crippen LogP) is 4.47. The molecular weight excluding hydrogens is 652 g/mol. The van der Waals surface area contributed by atoms with E-state index in [1.807, 2.05) is 36.4 Å². The first-order valence-corrected chi connectivity index (χ1v) is 17.0. The van der Waals surface area contributed by atoms with Crippen molar-refractivity contribution in [2.45, 2.75) is 63.8 Å². The van der Waals surface area contributed by atoms with Gasteiger partial charge in [0, 0.05) is 25.1 Å². The van der Waals surface area contributed by atoms with Crippen LogP contribution in [-0.2, 0) is 16.2 Å². The van der Waals surface area contributed by atoms with Crippen LogP contribution < -0.4 is 20.2 Å². The fourth-order valence-electron chi connectivity index (χ4n) is 6.85. The summed E-state index contributed by atoms with van der Waals surface area (Å²) in [5.41, 5.74) is 7.02. The number of aliphatic hydroxyl groups is 1. The van der Waals surface area contributed by atoms with Crippen LogP contribution in [0.3, 0.4) is 0 Å². The van der Waals surface area contributed by atoms with Crippen molar-refractivity contribution in [2.75, 3.05) is 18.6 Å². The third-order valence-electron chi connectivity index (χ3n) is 9.47. The molecule has 13 heteroatoms. The van der Waals surface area contributed by atoms with Gasteiger partial charge in [-0.3, -0.25) is 29.4 Å². The van der Waals surface area contributed by atoms with Gasteiger partial charge in [-0.2, -0.15) is 0 Å². The van der Waals surface area contributed by atoms with Crippen LogP contribution in [0.1, 0.15) is 94.5 Å². The van der Waals surface area contributed by atoms with Crippen LogP contribution in [-0.4, -0.2) is 67.8 Å². The number of hydrazine groups is 1. The van der Waals surface area contributed by atoms with E-state index in [1.165, 1.54) is 0 Å². The largest absolute Gasteiger partial charge is 0.494 e. The van der Waals surface area contributed by atoms with E-state index >= 15 is 0 Å². The zero-order valence-electron chi connectivity index (χ0n) is 28.2. The van der Waals surface area contributed by atoms with Gasteiger partial charge in [0.2, 0.25) is 11.8 Å². The summed E-state index contributed by atoms with van der Waals surface area (Å²) < 4.78 is 12.0. The Morgan fingerprint density at radius 3 is 2.51 bits per heavy atom. The predicted molar refractivity (Wildman–Crippen MR) is 185 cm³/mol. The lowest BCUT2D eigenvalue weighted by atomic mass is 9.87. The van der Waals surface area contributed by atoms with Crippen molar-refractivity contribution in [2.24, 2.45) is 0 Å². The van der Waals surface area contributed by atoms with Gasteiger partial charge in [0.05, 0.1) is 35.2 Å². The minimum Gasteiger partial charge on any atom is -0.494 e. The third kappa shape index (κ3) is 6.90. The zero-order chi connectivity index (χ0) is 35.6. The normalized spacial score (nSPS) is 21.4. The van der Waals surface area contributed by atoms with Gasteiger partial charge >= 0.3 is 0 Å². The summed E-state index contributed by atoms with van der Waals surface area (Å²) in [5, 5.41) is 14.2. The highest BCUT2D eigenvalue weighted by Crippen LogP contribution is 2.39. The van der Waals surface area contributed by atoms with Gasteiger partial charge in [-0.05, 0) is 73.4 Å². The van der Waals surface area contributed by atoms with E-state index in [4.69, 9.17) is 9.47 Å². The maximum Gasteiger partial charge on any atom is 0.264 e. The number of anilines is 1. The number of ether oxygens (including phenoxy) is 2. The first-order chi connectivity index (χ1) is 24.7. The average molecular weight is 691 g/mol. The fraction of sp³-hybridized carbons (Fsp3) is 0.316. The van der Waals surface area contributed by atoms with Gasteiger partial charge in [-0.15, -0.1) is 0 Å².